The molecular formula is C26H25ClN2O6. The van der Waals surface area contributed by atoms with Crippen LogP contribution in [0.1, 0.15) is 49.4 Å². The maximum absolute atomic E-state index is 12.8. The van der Waals surface area contributed by atoms with Crippen molar-refractivity contribution in [1.29, 1.82) is 0 Å². The second-order valence-corrected chi connectivity index (χ2v) is 8.27. The molecular weight excluding hydrogens is 472 g/mol. The van der Waals surface area contributed by atoms with E-state index in [2.05, 4.69) is 5.32 Å². The highest BCUT2D eigenvalue weighted by Crippen LogP contribution is 2.22. The quantitative estimate of drug-likeness (QED) is 0.372. The number of rotatable bonds is 8. The molecule has 0 aliphatic heterocycles. The van der Waals surface area contributed by atoms with Gasteiger partial charge in [-0.25, -0.2) is 9.59 Å². The topological polar surface area (TPSA) is 104 Å². The summed E-state index contributed by atoms with van der Waals surface area (Å²) in [6.45, 7) is 4.61. The summed E-state index contributed by atoms with van der Waals surface area (Å²) in [5.74, 6) is -2.08. The Morgan fingerprint density at radius 1 is 1.00 bits per heavy atom. The zero-order valence-electron chi connectivity index (χ0n) is 19.8. The Hall–Kier alpha value is -3.91. The lowest BCUT2D eigenvalue weighted by atomic mass is 10.1. The second kappa shape index (κ2) is 11.0. The summed E-state index contributed by atoms with van der Waals surface area (Å²) in [7, 11) is 1.31. The van der Waals surface area contributed by atoms with Gasteiger partial charge >= 0.3 is 11.9 Å². The number of carbonyl (C=O) groups excluding carboxylic acids is 4. The minimum atomic E-state index is -0.979. The zero-order chi connectivity index (χ0) is 25.7. The molecule has 0 saturated heterocycles. The standard InChI is InChI=1S/C26H25ClN2O6/c1-15-13-21(17(3)29(15)19-11-9-18(10-12-19)26(33)34-4)23(30)14-35-25(32)16(2)28-24(31)20-7-5-6-8-22(20)27/h5-13,16H,14H2,1-4H3,(H,28,31)/t16-/m0/s1. The molecule has 35 heavy (non-hydrogen) atoms. The minimum absolute atomic E-state index is 0.233. The smallest absolute Gasteiger partial charge is 0.337 e. The summed E-state index contributed by atoms with van der Waals surface area (Å²) in [6.07, 6.45) is 0. The fraction of sp³-hybridized carbons (Fsp3) is 0.231. The van der Waals surface area contributed by atoms with Gasteiger partial charge in [-0.1, -0.05) is 23.7 Å². The summed E-state index contributed by atoms with van der Waals surface area (Å²) < 4.78 is 11.7. The molecule has 0 spiro atoms. The van der Waals surface area contributed by atoms with Gasteiger partial charge in [-0.15, -0.1) is 0 Å². The van der Waals surface area contributed by atoms with Crippen molar-refractivity contribution in [2.45, 2.75) is 26.8 Å². The van der Waals surface area contributed by atoms with Crippen LogP contribution in [0.5, 0.6) is 0 Å². The van der Waals surface area contributed by atoms with Crippen LogP contribution in [0.3, 0.4) is 0 Å². The van der Waals surface area contributed by atoms with E-state index in [0.29, 0.717) is 16.8 Å². The van der Waals surface area contributed by atoms with Crippen LogP contribution in [0.15, 0.2) is 54.6 Å². The van der Waals surface area contributed by atoms with Gasteiger partial charge in [0, 0.05) is 22.6 Å². The van der Waals surface area contributed by atoms with Crippen LogP contribution < -0.4 is 5.32 Å². The number of aryl methyl sites for hydroxylation is 1. The molecule has 1 aromatic heterocycles. The van der Waals surface area contributed by atoms with E-state index in [1.807, 2.05) is 11.5 Å². The number of hydrogen-bond acceptors (Lipinski definition) is 6. The van der Waals surface area contributed by atoms with Crippen LogP contribution >= 0.6 is 11.6 Å². The Kier molecular flexibility index (Phi) is 8.09. The van der Waals surface area contributed by atoms with Gasteiger partial charge in [-0.05, 0) is 63.2 Å². The summed E-state index contributed by atoms with van der Waals surface area (Å²) in [6, 6.07) is 14.0. The molecule has 1 atom stereocenters. The van der Waals surface area contributed by atoms with Crippen molar-refractivity contribution in [2.24, 2.45) is 0 Å². The van der Waals surface area contributed by atoms with Gasteiger partial charge in [0.05, 0.1) is 23.3 Å². The number of halogens is 1. The molecule has 3 rings (SSSR count). The number of Topliss-reactive ketones (excluding diaryl/α,β-unsaturated/α-hetero) is 1. The highest BCUT2D eigenvalue weighted by atomic mass is 35.5. The fourth-order valence-corrected chi connectivity index (χ4v) is 3.85. The number of ether oxygens (including phenoxy) is 2. The predicted molar refractivity (Wildman–Crippen MR) is 130 cm³/mol. The van der Waals surface area contributed by atoms with E-state index in [-0.39, 0.29) is 16.4 Å². The van der Waals surface area contributed by atoms with Crippen molar-refractivity contribution in [3.05, 3.63) is 87.7 Å². The molecule has 0 aliphatic rings. The third-order valence-corrected chi connectivity index (χ3v) is 5.77. The average molecular weight is 497 g/mol. The van der Waals surface area contributed by atoms with E-state index in [1.54, 1.807) is 55.5 Å². The first-order chi connectivity index (χ1) is 16.6. The van der Waals surface area contributed by atoms with Gasteiger partial charge in [0.25, 0.3) is 5.91 Å². The molecule has 2 aromatic carbocycles. The van der Waals surface area contributed by atoms with Crippen molar-refractivity contribution < 1.29 is 28.7 Å². The minimum Gasteiger partial charge on any atom is -0.465 e. The largest absolute Gasteiger partial charge is 0.465 e. The predicted octanol–water partition coefficient (Wildman–Crippen LogP) is 4.08. The Labute approximate surface area is 207 Å². The molecule has 182 valence electrons. The van der Waals surface area contributed by atoms with Crippen molar-refractivity contribution in [1.82, 2.24) is 9.88 Å². The fourth-order valence-electron chi connectivity index (χ4n) is 3.62. The van der Waals surface area contributed by atoms with Gasteiger partial charge in [-0.3, -0.25) is 9.59 Å². The zero-order valence-corrected chi connectivity index (χ0v) is 20.5. The van der Waals surface area contributed by atoms with Gasteiger partial charge in [0.1, 0.15) is 6.04 Å². The number of nitrogens with zero attached hydrogens (tertiary/aromatic N) is 1. The number of carbonyl (C=O) groups is 4. The lowest BCUT2D eigenvalue weighted by Gasteiger charge is -2.14. The molecule has 8 nitrogen and oxygen atoms in total. The molecule has 9 heteroatoms. The van der Waals surface area contributed by atoms with Crippen molar-refractivity contribution in [3.8, 4) is 5.69 Å². The SMILES string of the molecule is COC(=O)c1ccc(-n2c(C)cc(C(=O)COC(=O)[C@H](C)NC(=O)c3ccccc3Cl)c2C)cc1. The Morgan fingerprint density at radius 2 is 1.66 bits per heavy atom. The van der Waals surface area contributed by atoms with Crippen LogP contribution in [-0.2, 0) is 14.3 Å². The van der Waals surface area contributed by atoms with Gasteiger partial charge in [-0.2, -0.15) is 0 Å². The molecule has 3 aromatic rings. The van der Waals surface area contributed by atoms with Gasteiger partial charge in [0.15, 0.2) is 6.61 Å². The molecule has 0 aliphatic carbocycles. The third kappa shape index (κ3) is 5.78. The number of nitrogens with one attached hydrogen (secondary N) is 1. The van der Waals surface area contributed by atoms with Crippen molar-refractivity contribution in [3.63, 3.8) is 0 Å². The van der Waals surface area contributed by atoms with Gasteiger partial charge < -0.3 is 19.4 Å². The first kappa shape index (κ1) is 25.7. The van der Waals surface area contributed by atoms with Gasteiger partial charge in [0.2, 0.25) is 5.78 Å². The van der Waals surface area contributed by atoms with Crippen LogP contribution in [0.25, 0.3) is 5.69 Å². The second-order valence-electron chi connectivity index (χ2n) is 7.86. The third-order valence-electron chi connectivity index (χ3n) is 5.44. The van der Waals surface area contributed by atoms with E-state index in [1.165, 1.54) is 20.1 Å². The van der Waals surface area contributed by atoms with Crippen molar-refractivity contribution >= 4 is 35.2 Å². The number of esters is 2. The monoisotopic (exact) mass is 496 g/mol. The van der Waals surface area contributed by atoms with Crippen LogP contribution in [0.4, 0.5) is 0 Å². The highest BCUT2D eigenvalue weighted by molar-refractivity contribution is 6.33. The maximum atomic E-state index is 12.8. The first-order valence-corrected chi connectivity index (χ1v) is 11.1. The summed E-state index contributed by atoms with van der Waals surface area (Å²) in [4.78, 5) is 49.2. The maximum Gasteiger partial charge on any atom is 0.337 e. The molecule has 1 heterocycles. The van der Waals surface area contributed by atoms with Crippen LogP contribution in [-0.4, -0.2) is 48.0 Å². The number of aromatic nitrogens is 1. The van der Waals surface area contributed by atoms with Crippen LogP contribution in [0, 0.1) is 13.8 Å². The van der Waals surface area contributed by atoms with E-state index in [4.69, 9.17) is 21.1 Å². The summed E-state index contributed by atoms with van der Waals surface area (Å²) in [5.41, 5.74) is 3.27. The molecule has 1 N–H and O–H groups in total. The van der Waals surface area contributed by atoms with E-state index in [0.717, 1.165) is 11.4 Å². The number of benzene rings is 2. The number of methoxy groups -OCH3 is 1. The molecule has 0 radical (unpaired) electrons. The number of amides is 1. The molecule has 0 unspecified atom stereocenters. The summed E-state index contributed by atoms with van der Waals surface area (Å²) >= 11 is 6.01. The highest BCUT2D eigenvalue weighted by Gasteiger charge is 2.22. The Morgan fingerprint density at radius 3 is 2.29 bits per heavy atom. The molecule has 0 bridgehead atoms. The van der Waals surface area contributed by atoms with Crippen molar-refractivity contribution in [2.75, 3.05) is 13.7 Å². The number of hydrogen-bond donors (Lipinski definition) is 1. The first-order valence-electron chi connectivity index (χ1n) is 10.8. The Bertz CT molecular complexity index is 1280. The normalized spacial score (nSPS) is 11.5. The van der Waals surface area contributed by atoms with E-state index >= 15 is 0 Å². The summed E-state index contributed by atoms with van der Waals surface area (Å²) in [5, 5.41) is 2.78. The van der Waals surface area contributed by atoms with Crippen LogP contribution in [0.2, 0.25) is 5.02 Å². The van der Waals surface area contributed by atoms with E-state index in [9.17, 15) is 19.2 Å². The number of ketones is 1. The lowest BCUT2D eigenvalue weighted by molar-refractivity contribution is -0.144. The Balaban J connectivity index is 1.65. The van der Waals surface area contributed by atoms with E-state index < -0.39 is 30.5 Å². The molecule has 0 fully saturated rings. The molecule has 0 saturated carbocycles. The average Bonchev–Trinajstić information content (AvgIpc) is 3.15. The lowest BCUT2D eigenvalue weighted by Crippen LogP contribution is -2.40. The molecule has 1 amide bonds.